The van der Waals surface area contributed by atoms with Crippen LogP contribution in [0.15, 0.2) is 31.0 Å². The monoisotopic (exact) mass is 354 g/mol. The van der Waals surface area contributed by atoms with E-state index in [4.69, 9.17) is 8.83 Å². The molecule has 0 unspecified atom stereocenters. The van der Waals surface area contributed by atoms with Crippen LogP contribution in [0.5, 0.6) is 0 Å². The van der Waals surface area contributed by atoms with Gasteiger partial charge in [-0.2, -0.15) is 0 Å². The van der Waals surface area contributed by atoms with Gasteiger partial charge in [0.2, 0.25) is 0 Å². The average molecular weight is 355 g/mol. The van der Waals surface area contributed by atoms with Crippen LogP contribution in [0.4, 0.5) is 6.01 Å². The van der Waals surface area contributed by atoms with Crippen molar-refractivity contribution in [2.24, 2.45) is 0 Å². The molecule has 3 heterocycles. The lowest BCUT2D eigenvalue weighted by atomic mass is 10.4. The van der Waals surface area contributed by atoms with Gasteiger partial charge < -0.3 is 8.83 Å². The number of aromatic nitrogens is 3. The van der Waals surface area contributed by atoms with Crippen LogP contribution in [0, 0.1) is 6.92 Å². The molecule has 0 fully saturated rings. The average Bonchev–Trinajstić information content (AvgIpc) is 3.10. The van der Waals surface area contributed by atoms with Gasteiger partial charge in [-0.1, -0.05) is 5.10 Å². The second kappa shape index (κ2) is 5.17. The topological polar surface area (TPSA) is 94.1 Å². The zero-order valence-electron chi connectivity index (χ0n) is 10.1. The molecule has 7 nitrogen and oxygen atoms in total. The number of rotatable bonds is 3. The van der Waals surface area contributed by atoms with Gasteiger partial charge in [0.15, 0.2) is 10.4 Å². The molecular formula is C11H7BrN4O3S. The molecule has 0 aliphatic carbocycles. The Morgan fingerprint density at radius 3 is 2.85 bits per heavy atom. The fraction of sp³-hybridized carbons (Fsp3) is 0.0909. The number of thiazole rings is 1. The number of aryl methyl sites for hydroxylation is 1. The van der Waals surface area contributed by atoms with E-state index in [1.165, 1.54) is 17.4 Å². The van der Waals surface area contributed by atoms with Gasteiger partial charge in [-0.25, -0.2) is 4.98 Å². The molecule has 0 aliphatic heterocycles. The maximum Gasteiger partial charge on any atom is 0.322 e. The van der Waals surface area contributed by atoms with E-state index < -0.39 is 5.91 Å². The minimum atomic E-state index is -0.472. The van der Waals surface area contributed by atoms with E-state index in [1.807, 2.05) is 6.92 Å². The Kier molecular flexibility index (Phi) is 3.36. The van der Waals surface area contributed by atoms with Crippen LogP contribution in [-0.4, -0.2) is 21.1 Å². The highest BCUT2D eigenvalue weighted by Gasteiger charge is 2.16. The predicted molar refractivity (Wildman–Crippen MR) is 74.5 cm³/mol. The predicted octanol–water partition coefficient (Wildman–Crippen LogP) is 3.11. The Balaban J connectivity index is 1.76. The summed E-state index contributed by atoms with van der Waals surface area (Å²) in [5.41, 5.74) is 0.584. The standard InChI is InChI=1S/C11H7BrN4O3S/c1-5-13-6(4-20-5)10-15-16-11(19-10)14-9(17)7-2-3-8(12)18-7/h2-4H,1H3,(H,14,16,17). The first-order valence-corrected chi connectivity index (χ1v) is 7.12. The lowest BCUT2D eigenvalue weighted by molar-refractivity contribution is 0.0992. The van der Waals surface area contributed by atoms with Crippen LogP contribution < -0.4 is 5.32 Å². The molecule has 0 spiro atoms. The van der Waals surface area contributed by atoms with Gasteiger partial charge in [0.1, 0.15) is 5.69 Å². The number of hydrogen-bond donors (Lipinski definition) is 1. The smallest absolute Gasteiger partial charge is 0.322 e. The number of halogens is 1. The van der Waals surface area contributed by atoms with E-state index in [-0.39, 0.29) is 17.7 Å². The number of amides is 1. The van der Waals surface area contributed by atoms with Gasteiger partial charge in [-0.05, 0) is 35.0 Å². The minimum absolute atomic E-state index is 0.0109. The lowest BCUT2D eigenvalue weighted by Gasteiger charge is -1.95. The highest BCUT2D eigenvalue weighted by Crippen LogP contribution is 2.22. The van der Waals surface area contributed by atoms with Crippen molar-refractivity contribution >= 4 is 39.2 Å². The normalized spacial score (nSPS) is 10.7. The van der Waals surface area contributed by atoms with E-state index >= 15 is 0 Å². The zero-order chi connectivity index (χ0) is 14.1. The highest BCUT2D eigenvalue weighted by molar-refractivity contribution is 9.10. The molecule has 3 aromatic rings. The summed E-state index contributed by atoms with van der Waals surface area (Å²) in [6, 6.07) is 3.13. The summed E-state index contributed by atoms with van der Waals surface area (Å²) in [7, 11) is 0. The van der Waals surface area contributed by atoms with Crippen molar-refractivity contribution in [3.63, 3.8) is 0 Å². The number of carbonyl (C=O) groups is 1. The third-order valence-corrected chi connectivity index (χ3v) is 3.48. The third kappa shape index (κ3) is 2.63. The van der Waals surface area contributed by atoms with Crippen LogP contribution in [0.3, 0.4) is 0 Å². The Bertz CT molecular complexity index is 763. The molecule has 1 N–H and O–H groups in total. The number of hydrogen-bond acceptors (Lipinski definition) is 7. The summed E-state index contributed by atoms with van der Waals surface area (Å²) in [6.07, 6.45) is 0. The van der Waals surface area contributed by atoms with E-state index in [9.17, 15) is 4.79 Å². The molecule has 0 aromatic carbocycles. The number of furan rings is 1. The van der Waals surface area contributed by atoms with Crippen LogP contribution in [0.1, 0.15) is 15.6 Å². The molecule has 0 radical (unpaired) electrons. The molecule has 0 saturated carbocycles. The summed E-state index contributed by atoms with van der Waals surface area (Å²) in [6.45, 7) is 1.88. The minimum Gasteiger partial charge on any atom is -0.444 e. The lowest BCUT2D eigenvalue weighted by Crippen LogP contribution is -2.10. The van der Waals surface area contributed by atoms with Crippen LogP contribution in [0.2, 0.25) is 0 Å². The van der Waals surface area contributed by atoms with Crippen LogP contribution >= 0.6 is 27.3 Å². The molecule has 3 rings (SSSR count). The molecule has 20 heavy (non-hydrogen) atoms. The van der Waals surface area contributed by atoms with Gasteiger partial charge in [0.05, 0.1) is 5.01 Å². The van der Waals surface area contributed by atoms with Crippen molar-refractivity contribution in [3.8, 4) is 11.6 Å². The molecule has 102 valence electrons. The summed E-state index contributed by atoms with van der Waals surface area (Å²) >= 11 is 4.59. The van der Waals surface area contributed by atoms with Gasteiger partial charge >= 0.3 is 6.01 Å². The van der Waals surface area contributed by atoms with Crippen molar-refractivity contribution in [2.45, 2.75) is 6.92 Å². The summed E-state index contributed by atoms with van der Waals surface area (Å²) in [5, 5.41) is 12.7. The summed E-state index contributed by atoms with van der Waals surface area (Å²) in [5.74, 6) is -0.0771. The Labute approximate surface area is 125 Å². The van der Waals surface area contributed by atoms with E-state index in [2.05, 4.69) is 36.4 Å². The molecule has 0 aliphatic rings. The molecule has 3 aromatic heterocycles. The quantitative estimate of drug-likeness (QED) is 0.776. The first-order valence-electron chi connectivity index (χ1n) is 5.44. The molecule has 0 atom stereocenters. The van der Waals surface area contributed by atoms with Crippen molar-refractivity contribution in [3.05, 3.63) is 33.0 Å². The number of nitrogens with one attached hydrogen (secondary N) is 1. The van der Waals surface area contributed by atoms with Gasteiger partial charge in [-0.15, -0.1) is 16.4 Å². The van der Waals surface area contributed by atoms with Crippen molar-refractivity contribution in [1.82, 2.24) is 15.2 Å². The first-order chi connectivity index (χ1) is 9.61. The second-order valence-electron chi connectivity index (χ2n) is 3.72. The maximum absolute atomic E-state index is 11.8. The molecule has 9 heteroatoms. The van der Waals surface area contributed by atoms with Crippen molar-refractivity contribution < 1.29 is 13.6 Å². The molecule has 0 saturated heterocycles. The van der Waals surface area contributed by atoms with Crippen molar-refractivity contribution in [1.29, 1.82) is 0 Å². The summed E-state index contributed by atoms with van der Waals surface area (Å²) < 4.78 is 10.9. The van der Waals surface area contributed by atoms with E-state index in [1.54, 1.807) is 11.4 Å². The number of nitrogens with zero attached hydrogens (tertiary/aromatic N) is 3. The first kappa shape index (κ1) is 13.0. The third-order valence-electron chi connectivity index (χ3n) is 2.28. The number of carbonyl (C=O) groups excluding carboxylic acids is 1. The molecule has 0 bridgehead atoms. The van der Waals surface area contributed by atoms with E-state index in [0.717, 1.165) is 5.01 Å². The fourth-order valence-corrected chi connectivity index (χ4v) is 2.33. The van der Waals surface area contributed by atoms with Gasteiger partial charge in [0.25, 0.3) is 11.8 Å². The SMILES string of the molecule is Cc1nc(-c2nnc(NC(=O)c3ccc(Br)o3)o2)cs1. The second-order valence-corrected chi connectivity index (χ2v) is 5.57. The fourth-order valence-electron chi connectivity index (χ4n) is 1.43. The van der Waals surface area contributed by atoms with Crippen LogP contribution in [-0.2, 0) is 0 Å². The van der Waals surface area contributed by atoms with Gasteiger partial charge in [-0.3, -0.25) is 10.1 Å². The Morgan fingerprint density at radius 2 is 2.20 bits per heavy atom. The van der Waals surface area contributed by atoms with Gasteiger partial charge in [0, 0.05) is 5.38 Å². The van der Waals surface area contributed by atoms with Crippen molar-refractivity contribution in [2.75, 3.05) is 5.32 Å². The summed E-state index contributed by atoms with van der Waals surface area (Å²) in [4.78, 5) is 16.0. The Hall–Kier alpha value is -2.00. The number of anilines is 1. The molecule has 1 amide bonds. The Morgan fingerprint density at radius 1 is 1.35 bits per heavy atom. The zero-order valence-corrected chi connectivity index (χ0v) is 12.5. The largest absolute Gasteiger partial charge is 0.444 e. The molecular weight excluding hydrogens is 348 g/mol. The van der Waals surface area contributed by atoms with E-state index in [0.29, 0.717) is 10.4 Å². The highest BCUT2D eigenvalue weighted by atomic mass is 79.9. The van der Waals surface area contributed by atoms with Crippen LogP contribution in [0.25, 0.3) is 11.6 Å². The maximum atomic E-state index is 11.8.